The fourth-order valence-electron chi connectivity index (χ4n) is 2.67. The van der Waals surface area contributed by atoms with Crippen LogP contribution in [0, 0.1) is 5.92 Å². The molecule has 1 saturated heterocycles. The van der Waals surface area contributed by atoms with E-state index in [0.717, 1.165) is 6.42 Å². The van der Waals surface area contributed by atoms with Crippen molar-refractivity contribution in [2.45, 2.75) is 32.7 Å². The summed E-state index contributed by atoms with van der Waals surface area (Å²) in [6.45, 7) is 5.16. The molecule has 0 aliphatic carbocycles. The summed E-state index contributed by atoms with van der Waals surface area (Å²) < 4.78 is 5.85. The number of nitrogens with one attached hydrogen (secondary N) is 2. The maximum absolute atomic E-state index is 12.5. The normalized spacial score (nSPS) is 16.5. The predicted octanol–water partition coefficient (Wildman–Crippen LogP) is 2.24. The van der Waals surface area contributed by atoms with Crippen LogP contribution in [0.3, 0.4) is 0 Å². The van der Waals surface area contributed by atoms with Gasteiger partial charge in [0.15, 0.2) is 5.11 Å². The second-order valence-corrected chi connectivity index (χ2v) is 8.09. The fraction of sp³-hybridized carbons (Fsp3) is 0.474. The van der Waals surface area contributed by atoms with Gasteiger partial charge in [0.05, 0.1) is 18.6 Å². The Hall–Kier alpha value is -2.00. The summed E-state index contributed by atoms with van der Waals surface area (Å²) in [7, 11) is 0. The molecule has 1 aromatic rings. The molecule has 0 bridgehead atoms. The fourth-order valence-corrected chi connectivity index (χ4v) is 3.44. The number of thiocarbonyl (C=S) groups is 1. The highest BCUT2D eigenvalue weighted by molar-refractivity contribution is 9.10. The minimum atomic E-state index is -0.813. The molecule has 152 valence electrons. The van der Waals surface area contributed by atoms with Gasteiger partial charge < -0.3 is 15.0 Å². The van der Waals surface area contributed by atoms with Crippen LogP contribution in [0.15, 0.2) is 28.7 Å². The van der Waals surface area contributed by atoms with Crippen molar-refractivity contribution in [1.82, 2.24) is 15.5 Å². The Morgan fingerprint density at radius 3 is 2.79 bits per heavy atom. The lowest BCUT2D eigenvalue weighted by Gasteiger charge is -2.36. The van der Waals surface area contributed by atoms with E-state index in [1.807, 2.05) is 13.8 Å². The van der Waals surface area contributed by atoms with Crippen LogP contribution in [0.5, 0.6) is 0 Å². The van der Waals surface area contributed by atoms with E-state index in [1.54, 1.807) is 29.2 Å². The van der Waals surface area contributed by atoms with Crippen LogP contribution in [0.2, 0.25) is 0 Å². The molecule has 0 spiro atoms. The first-order chi connectivity index (χ1) is 13.3. The van der Waals surface area contributed by atoms with Gasteiger partial charge in [-0.05, 0) is 52.6 Å². The Kier molecular flexibility index (Phi) is 8.37. The maximum atomic E-state index is 12.5. The largest absolute Gasteiger partial charge is 0.466 e. The Morgan fingerprint density at radius 1 is 1.39 bits per heavy atom. The number of ether oxygens (including phenoxy) is 1. The molecule has 0 aromatic heterocycles. The zero-order chi connectivity index (χ0) is 20.7. The average Bonchev–Trinajstić information content (AvgIpc) is 2.63. The molecular formula is C19H24BrN3O4S. The number of hydrogen-bond acceptors (Lipinski definition) is 5. The first-order valence-corrected chi connectivity index (χ1v) is 10.3. The van der Waals surface area contributed by atoms with E-state index in [0.29, 0.717) is 35.7 Å². The predicted molar refractivity (Wildman–Crippen MR) is 113 cm³/mol. The molecule has 0 saturated carbocycles. The van der Waals surface area contributed by atoms with Crippen molar-refractivity contribution in [3.8, 4) is 0 Å². The molecule has 0 radical (unpaired) electrons. The summed E-state index contributed by atoms with van der Waals surface area (Å²) in [6, 6.07) is 6.14. The lowest BCUT2D eigenvalue weighted by atomic mass is 10.1. The number of amides is 2. The van der Waals surface area contributed by atoms with Gasteiger partial charge in [-0.25, -0.2) is 0 Å². The number of hydrogen-bond donors (Lipinski definition) is 2. The molecule has 9 heteroatoms. The van der Waals surface area contributed by atoms with Crippen molar-refractivity contribution >= 4 is 51.0 Å². The van der Waals surface area contributed by atoms with Gasteiger partial charge in [0.1, 0.15) is 6.04 Å². The van der Waals surface area contributed by atoms with E-state index in [4.69, 9.17) is 17.0 Å². The molecular weight excluding hydrogens is 446 g/mol. The lowest BCUT2D eigenvalue weighted by Crippen LogP contribution is -2.60. The summed E-state index contributed by atoms with van der Waals surface area (Å²) in [5.41, 5.74) is 0.427. The number of carbonyl (C=O) groups is 3. The number of halogens is 1. The van der Waals surface area contributed by atoms with Crippen molar-refractivity contribution in [3.63, 3.8) is 0 Å². The third-order valence-electron chi connectivity index (χ3n) is 4.25. The summed E-state index contributed by atoms with van der Waals surface area (Å²) in [4.78, 5) is 38.5. The molecule has 1 aromatic carbocycles. The van der Waals surface area contributed by atoms with E-state index in [2.05, 4.69) is 26.6 Å². The van der Waals surface area contributed by atoms with Gasteiger partial charge in [-0.3, -0.25) is 19.7 Å². The number of benzene rings is 1. The quantitative estimate of drug-likeness (QED) is 0.490. The van der Waals surface area contributed by atoms with Gasteiger partial charge in [-0.2, -0.15) is 0 Å². The number of carbonyl (C=O) groups excluding carboxylic acids is 3. The highest BCUT2D eigenvalue weighted by atomic mass is 79.9. The Morgan fingerprint density at radius 2 is 2.11 bits per heavy atom. The zero-order valence-corrected chi connectivity index (χ0v) is 18.3. The molecule has 2 amide bonds. The number of piperazine rings is 1. The molecule has 1 unspecified atom stereocenters. The Bertz CT molecular complexity index is 756. The van der Waals surface area contributed by atoms with Gasteiger partial charge >= 0.3 is 5.97 Å². The minimum absolute atomic E-state index is 0.107. The second-order valence-electron chi connectivity index (χ2n) is 6.85. The third kappa shape index (κ3) is 6.27. The number of rotatable bonds is 6. The SMILES string of the molecule is CC(C)CCOC(=O)CC1C(=O)NCCN1C(=S)NC(=O)c1ccccc1Br. The highest BCUT2D eigenvalue weighted by Crippen LogP contribution is 2.16. The topological polar surface area (TPSA) is 87.7 Å². The van der Waals surface area contributed by atoms with Crippen LogP contribution in [-0.4, -0.2) is 53.5 Å². The highest BCUT2D eigenvalue weighted by Gasteiger charge is 2.34. The van der Waals surface area contributed by atoms with Crippen molar-refractivity contribution in [2.24, 2.45) is 5.92 Å². The first-order valence-electron chi connectivity index (χ1n) is 9.09. The monoisotopic (exact) mass is 469 g/mol. The van der Waals surface area contributed by atoms with E-state index in [1.165, 1.54) is 0 Å². The van der Waals surface area contributed by atoms with Crippen molar-refractivity contribution in [2.75, 3.05) is 19.7 Å². The van der Waals surface area contributed by atoms with Crippen LogP contribution < -0.4 is 10.6 Å². The third-order valence-corrected chi connectivity index (χ3v) is 5.28. The van der Waals surface area contributed by atoms with E-state index in [-0.39, 0.29) is 23.3 Å². The summed E-state index contributed by atoms with van der Waals surface area (Å²) in [6.07, 6.45) is 0.627. The summed E-state index contributed by atoms with van der Waals surface area (Å²) in [5, 5.41) is 5.47. The average molecular weight is 470 g/mol. The van der Waals surface area contributed by atoms with Gasteiger partial charge in [0, 0.05) is 17.6 Å². The zero-order valence-electron chi connectivity index (χ0n) is 15.9. The molecule has 1 aliphatic heterocycles. The molecule has 1 heterocycles. The first kappa shape index (κ1) is 22.3. The van der Waals surface area contributed by atoms with Crippen molar-refractivity contribution in [3.05, 3.63) is 34.3 Å². The van der Waals surface area contributed by atoms with E-state index < -0.39 is 12.0 Å². The molecule has 1 atom stereocenters. The van der Waals surface area contributed by atoms with Crippen molar-refractivity contribution in [1.29, 1.82) is 0 Å². The van der Waals surface area contributed by atoms with E-state index >= 15 is 0 Å². The van der Waals surface area contributed by atoms with Crippen molar-refractivity contribution < 1.29 is 19.1 Å². The standard InChI is InChI=1S/C19H24BrN3O4S/c1-12(2)7-10-27-16(24)11-15-18(26)21-8-9-23(15)19(28)22-17(25)13-5-3-4-6-14(13)20/h3-6,12,15H,7-11H2,1-2H3,(H,21,26)(H,22,25,28). The molecule has 28 heavy (non-hydrogen) atoms. The van der Waals surface area contributed by atoms with Crippen LogP contribution in [0.4, 0.5) is 0 Å². The molecule has 1 aliphatic rings. The lowest BCUT2D eigenvalue weighted by molar-refractivity contribution is -0.147. The number of nitrogens with zero attached hydrogens (tertiary/aromatic N) is 1. The van der Waals surface area contributed by atoms with Gasteiger partial charge in [-0.1, -0.05) is 26.0 Å². The Balaban J connectivity index is 2.01. The van der Waals surface area contributed by atoms with E-state index in [9.17, 15) is 14.4 Å². The summed E-state index contributed by atoms with van der Waals surface area (Å²) in [5.74, 6) is -0.749. The Labute approximate surface area is 178 Å². The molecule has 1 fully saturated rings. The molecule has 2 N–H and O–H groups in total. The second kappa shape index (κ2) is 10.5. The van der Waals surface area contributed by atoms with Gasteiger partial charge in [-0.15, -0.1) is 0 Å². The van der Waals surface area contributed by atoms with Crippen LogP contribution in [-0.2, 0) is 14.3 Å². The maximum Gasteiger partial charge on any atom is 0.308 e. The van der Waals surface area contributed by atoms with Crippen LogP contribution in [0.1, 0.15) is 37.0 Å². The van der Waals surface area contributed by atoms with Gasteiger partial charge in [0.25, 0.3) is 5.91 Å². The number of esters is 1. The minimum Gasteiger partial charge on any atom is -0.466 e. The molecule has 7 nitrogen and oxygen atoms in total. The van der Waals surface area contributed by atoms with Crippen LogP contribution in [0.25, 0.3) is 0 Å². The van der Waals surface area contributed by atoms with Gasteiger partial charge in [0.2, 0.25) is 5.91 Å². The smallest absolute Gasteiger partial charge is 0.308 e. The van der Waals surface area contributed by atoms with Crippen LogP contribution >= 0.6 is 28.1 Å². The summed E-state index contributed by atoms with van der Waals surface area (Å²) >= 11 is 8.67. The molecule has 2 rings (SSSR count).